The lowest BCUT2D eigenvalue weighted by Crippen LogP contribution is -2.28. The van der Waals surface area contributed by atoms with Crippen molar-refractivity contribution in [2.75, 3.05) is 12.8 Å². The molecule has 8 heteroatoms. The number of carbonyl (C=O) groups is 1. The number of aromatic nitrogens is 5. The van der Waals surface area contributed by atoms with Crippen LogP contribution in [0.25, 0.3) is 0 Å². The van der Waals surface area contributed by atoms with Crippen LogP contribution in [0.2, 0.25) is 0 Å². The van der Waals surface area contributed by atoms with Crippen LogP contribution < -0.4 is 5.73 Å². The number of aryl methyl sites for hydroxylation is 1. The van der Waals surface area contributed by atoms with Gasteiger partial charge in [-0.1, -0.05) is 0 Å². The van der Waals surface area contributed by atoms with Crippen LogP contribution in [0.1, 0.15) is 28.6 Å². The molecule has 1 aliphatic rings. The lowest BCUT2D eigenvalue weighted by atomic mass is 10.3. The van der Waals surface area contributed by atoms with Crippen molar-refractivity contribution in [3.63, 3.8) is 0 Å². The van der Waals surface area contributed by atoms with E-state index in [0.717, 1.165) is 31.0 Å². The summed E-state index contributed by atoms with van der Waals surface area (Å²) < 4.78 is 2.07. The number of rotatable bonds is 3. The minimum absolute atomic E-state index is 0.167. The van der Waals surface area contributed by atoms with Crippen LogP contribution in [0, 0.1) is 0 Å². The van der Waals surface area contributed by atoms with Gasteiger partial charge in [0.25, 0.3) is 5.91 Å². The summed E-state index contributed by atoms with van der Waals surface area (Å²) in [5.41, 5.74) is 5.86. The van der Waals surface area contributed by atoms with Crippen molar-refractivity contribution in [2.45, 2.75) is 25.9 Å². The maximum Gasteiger partial charge on any atom is 0.272 e. The summed E-state index contributed by atoms with van der Waals surface area (Å²) >= 11 is 0. The van der Waals surface area contributed by atoms with E-state index in [1.54, 1.807) is 11.9 Å². The van der Waals surface area contributed by atoms with E-state index in [4.69, 9.17) is 5.73 Å². The highest BCUT2D eigenvalue weighted by Gasteiger charge is 2.21. The quantitative estimate of drug-likeness (QED) is 0.796. The Kier molecular flexibility index (Phi) is 2.69. The van der Waals surface area contributed by atoms with Crippen LogP contribution in [-0.2, 0) is 19.5 Å². The molecular formula is C11H15N7O. The van der Waals surface area contributed by atoms with Gasteiger partial charge in [0.2, 0.25) is 0 Å². The second kappa shape index (κ2) is 4.38. The van der Waals surface area contributed by atoms with Gasteiger partial charge in [0.05, 0.1) is 6.54 Å². The van der Waals surface area contributed by atoms with Crippen LogP contribution in [0.5, 0.6) is 0 Å². The molecule has 0 aliphatic carbocycles. The number of nitrogen functional groups attached to an aromatic ring is 1. The van der Waals surface area contributed by atoms with Crippen molar-refractivity contribution in [1.82, 2.24) is 29.9 Å². The van der Waals surface area contributed by atoms with Crippen LogP contribution in [0.3, 0.4) is 0 Å². The summed E-state index contributed by atoms with van der Waals surface area (Å²) in [6.45, 7) is 1.35. The Bertz CT molecular complexity index is 614. The van der Waals surface area contributed by atoms with E-state index in [1.165, 1.54) is 6.07 Å². The molecule has 1 amide bonds. The molecule has 19 heavy (non-hydrogen) atoms. The third kappa shape index (κ3) is 2.05. The zero-order valence-corrected chi connectivity index (χ0v) is 10.6. The Hall–Kier alpha value is -2.38. The van der Waals surface area contributed by atoms with E-state index in [9.17, 15) is 4.79 Å². The second-order valence-corrected chi connectivity index (χ2v) is 4.66. The molecule has 3 heterocycles. The summed E-state index contributed by atoms with van der Waals surface area (Å²) in [4.78, 5) is 13.7. The summed E-state index contributed by atoms with van der Waals surface area (Å²) in [7, 11) is 1.72. The molecule has 0 atom stereocenters. The zero-order valence-electron chi connectivity index (χ0n) is 10.6. The number of carbonyl (C=O) groups excluding carboxylic acids is 1. The number of nitrogens with two attached hydrogens (primary N) is 1. The molecule has 3 N–H and O–H groups in total. The maximum atomic E-state index is 12.1. The Morgan fingerprint density at radius 2 is 2.42 bits per heavy atom. The summed E-state index contributed by atoms with van der Waals surface area (Å²) in [6.07, 6.45) is 2.05. The fourth-order valence-corrected chi connectivity index (χ4v) is 2.26. The molecule has 2 aromatic rings. The Labute approximate surface area is 109 Å². The van der Waals surface area contributed by atoms with Gasteiger partial charge in [0.15, 0.2) is 5.82 Å². The molecule has 0 saturated heterocycles. The van der Waals surface area contributed by atoms with Crippen LogP contribution in [0.15, 0.2) is 6.07 Å². The number of H-pyrrole nitrogens is 1. The van der Waals surface area contributed by atoms with Crippen molar-refractivity contribution in [1.29, 1.82) is 0 Å². The molecule has 0 aromatic carbocycles. The molecule has 0 radical (unpaired) electrons. The average molecular weight is 261 g/mol. The van der Waals surface area contributed by atoms with Crippen LogP contribution in [0.4, 0.5) is 5.82 Å². The highest BCUT2D eigenvalue weighted by molar-refractivity contribution is 5.92. The molecule has 0 bridgehead atoms. The number of anilines is 1. The standard InChI is InChI=1S/C11H15N7O/c1-17(11(19)7-5-8(12)14-13-7)6-10-16-15-9-3-2-4-18(9)10/h5H,2-4,6H2,1H3,(H3,12,13,14). The third-order valence-electron chi connectivity index (χ3n) is 3.24. The third-order valence-corrected chi connectivity index (χ3v) is 3.24. The van der Waals surface area contributed by atoms with Crippen LogP contribution in [-0.4, -0.2) is 42.8 Å². The average Bonchev–Trinajstić information content (AvgIpc) is 3.06. The van der Waals surface area contributed by atoms with Gasteiger partial charge in [-0.05, 0) is 6.42 Å². The van der Waals surface area contributed by atoms with E-state index in [1.807, 2.05) is 0 Å². The lowest BCUT2D eigenvalue weighted by Gasteiger charge is -2.15. The normalized spacial score (nSPS) is 13.5. The fourth-order valence-electron chi connectivity index (χ4n) is 2.26. The molecule has 0 unspecified atom stereocenters. The summed E-state index contributed by atoms with van der Waals surface area (Å²) in [5.74, 6) is 1.96. The first-order valence-corrected chi connectivity index (χ1v) is 6.12. The maximum absolute atomic E-state index is 12.1. The van der Waals surface area contributed by atoms with Gasteiger partial charge >= 0.3 is 0 Å². The van der Waals surface area contributed by atoms with Crippen molar-refractivity contribution >= 4 is 11.7 Å². The molecule has 0 fully saturated rings. The number of hydrogen-bond acceptors (Lipinski definition) is 5. The van der Waals surface area contributed by atoms with Gasteiger partial charge in [-0.3, -0.25) is 9.89 Å². The minimum Gasteiger partial charge on any atom is -0.382 e. The Morgan fingerprint density at radius 1 is 1.58 bits per heavy atom. The largest absolute Gasteiger partial charge is 0.382 e. The van der Waals surface area contributed by atoms with E-state index in [-0.39, 0.29) is 5.91 Å². The lowest BCUT2D eigenvalue weighted by molar-refractivity contribution is 0.0774. The fraction of sp³-hybridized carbons (Fsp3) is 0.455. The van der Waals surface area contributed by atoms with Gasteiger partial charge in [0, 0.05) is 26.1 Å². The highest BCUT2D eigenvalue weighted by Crippen LogP contribution is 2.15. The van der Waals surface area contributed by atoms with Crippen molar-refractivity contribution < 1.29 is 4.79 Å². The first-order chi connectivity index (χ1) is 9.15. The van der Waals surface area contributed by atoms with Crippen LogP contribution >= 0.6 is 0 Å². The van der Waals surface area contributed by atoms with Gasteiger partial charge in [-0.15, -0.1) is 10.2 Å². The first-order valence-electron chi connectivity index (χ1n) is 6.12. The molecular weight excluding hydrogens is 246 g/mol. The van der Waals surface area contributed by atoms with Gasteiger partial charge in [0.1, 0.15) is 17.3 Å². The SMILES string of the molecule is CN(Cc1nnc2n1CCC2)C(=O)c1cc(N)n[nH]1. The van der Waals surface area contributed by atoms with Gasteiger partial charge in [-0.25, -0.2) is 0 Å². The summed E-state index contributed by atoms with van der Waals surface area (Å²) in [6, 6.07) is 1.52. The molecule has 3 rings (SSSR count). The smallest absolute Gasteiger partial charge is 0.272 e. The predicted molar refractivity (Wildman–Crippen MR) is 67.1 cm³/mol. The van der Waals surface area contributed by atoms with Gasteiger partial charge in [-0.2, -0.15) is 5.10 Å². The summed E-state index contributed by atoms with van der Waals surface area (Å²) in [5, 5.41) is 14.6. The van der Waals surface area contributed by atoms with E-state index < -0.39 is 0 Å². The number of nitrogens with one attached hydrogen (secondary N) is 1. The predicted octanol–water partition coefficient (Wildman–Crippen LogP) is -0.198. The Balaban J connectivity index is 1.74. The van der Waals surface area contributed by atoms with Crippen molar-refractivity contribution in [3.8, 4) is 0 Å². The van der Waals surface area contributed by atoms with E-state index in [0.29, 0.717) is 18.1 Å². The molecule has 100 valence electrons. The monoisotopic (exact) mass is 261 g/mol. The van der Waals surface area contributed by atoms with Crippen molar-refractivity contribution in [3.05, 3.63) is 23.4 Å². The molecule has 1 aliphatic heterocycles. The number of fused-ring (bicyclic) bond motifs is 1. The first kappa shape index (κ1) is 11.7. The topological polar surface area (TPSA) is 106 Å². The number of hydrogen-bond donors (Lipinski definition) is 2. The van der Waals surface area contributed by atoms with E-state index >= 15 is 0 Å². The number of nitrogens with zero attached hydrogens (tertiary/aromatic N) is 5. The number of amides is 1. The molecule has 0 saturated carbocycles. The number of aromatic amines is 1. The highest BCUT2D eigenvalue weighted by atomic mass is 16.2. The molecule has 2 aromatic heterocycles. The minimum atomic E-state index is -0.167. The molecule has 8 nitrogen and oxygen atoms in total. The zero-order chi connectivity index (χ0) is 13.4. The molecule has 0 spiro atoms. The van der Waals surface area contributed by atoms with Crippen molar-refractivity contribution in [2.24, 2.45) is 0 Å². The Morgan fingerprint density at radius 3 is 3.16 bits per heavy atom. The van der Waals surface area contributed by atoms with Gasteiger partial charge < -0.3 is 15.2 Å². The van der Waals surface area contributed by atoms with E-state index in [2.05, 4.69) is 25.0 Å². The second-order valence-electron chi connectivity index (χ2n) is 4.66.